The molecule has 1 aromatic heterocycles. The fourth-order valence-corrected chi connectivity index (χ4v) is 1.06. The number of carboxylic acids is 1. The first-order valence-electron chi connectivity index (χ1n) is 4.99. The minimum Gasteiger partial charge on any atom is -0.476 e. The van der Waals surface area contributed by atoms with Crippen LogP contribution in [0.2, 0.25) is 0 Å². The molecule has 0 bridgehead atoms. The summed E-state index contributed by atoms with van der Waals surface area (Å²) in [5, 5.41) is 27.9. The summed E-state index contributed by atoms with van der Waals surface area (Å²) in [7, 11) is 0. The Morgan fingerprint density at radius 2 is 2.12 bits per heavy atom. The maximum atomic E-state index is 10.5. The minimum atomic E-state index is -1.10. The van der Waals surface area contributed by atoms with Gasteiger partial charge in [-0.25, -0.2) is 4.79 Å². The molecule has 0 spiro atoms. The van der Waals surface area contributed by atoms with Crippen LogP contribution in [-0.2, 0) is 0 Å². The molecule has 0 aliphatic carbocycles. The highest BCUT2D eigenvalue weighted by Gasteiger charge is 2.12. The number of anilines is 1. The summed E-state index contributed by atoms with van der Waals surface area (Å²) < 4.78 is 0. The number of hydrogen-bond acceptors (Lipinski definition) is 5. The number of carboxylic acid groups (broad SMARTS) is 1. The predicted octanol–water partition coefficient (Wildman–Crippen LogP) is 0.604. The Morgan fingerprint density at radius 3 is 2.56 bits per heavy atom. The van der Waals surface area contributed by atoms with Crippen molar-refractivity contribution in [3.63, 3.8) is 0 Å². The molecule has 1 rings (SSSR count). The summed E-state index contributed by atoms with van der Waals surface area (Å²) in [6.45, 7) is 3.89. The van der Waals surface area contributed by atoms with Crippen LogP contribution in [-0.4, -0.2) is 39.0 Å². The van der Waals surface area contributed by atoms with Gasteiger partial charge in [0.15, 0.2) is 5.69 Å². The van der Waals surface area contributed by atoms with Gasteiger partial charge in [-0.1, -0.05) is 6.92 Å². The van der Waals surface area contributed by atoms with Crippen molar-refractivity contribution in [3.05, 3.63) is 17.8 Å². The van der Waals surface area contributed by atoms with Gasteiger partial charge in [-0.15, -0.1) is 10.2 Å². The predicted molar refractivity (Wildman–Crippen MR) is 58.3 cm³/mol. The van der Waals surface area contributed by atoms with E-state index in [-0.39, 0.29) is 24.3 Å². The summed E-state index contributed by atoms with van der Waals surface area (Å²) in [4.78, 5) is 10.5. The maximum absolute atomic E-state index is 10.5. The topological polar surface area (TPSA) is 95.3 Å². The molecule has 0 aliphatic heterocycles. The normalized spacial score (nSPS) is 14.2. The molecule has 0 saturated heterocycles. The first-order valence-corrected chi connectivity index (χ1v) is 4.99. The zero-order valence-electron chi connectivity index (χ0n) is 9.21. The monoisotopic (exact) mass is 225 g/mol. The number of aromatic carboxylic acids is 1. The second kappa shape index (κ2) is 5.41. The van der Waals surface area contributed by atoms with Crippen molar-refractivity contribution >= 4 is 11.8 Å². The molecular weight excluding hydrogens is 210 g/mol. The van der Waals surface area contributed by atoms with Gasteiger partial charge in [0.05, 0.1) is 0 Å². The summed E-state index contributed by atoms with van der Waals surface area (Å²) >= 11 is 0. The molecule has 16 heavy (non-hydrogen) atoms. The van der Waals surface area contributed by atoms with Gasteiger partial charge in [0, 0.05) is 12.6 Å². The van der Waals surface area contributed by atoms with Gasteiger partial charge < -0.3 is 15.5 Å². The number of carbonyl (C=O) groups is 1. The van der Waals surface area contributed by atoms with E-state index in [0.29, 0.717) is 5.82 Å². The maximum Gasteiger partial charge on any atom is 0.356 e. The highest BCUT2D eigenvalue weighted by atomic mass is 16.4. The van der Waals surface area contributed by atoms with Crippen LogP contribution in [0.3, 0.4) is 0 Å². The van der Waals surface area contributed by atoms with Crippen LogP contribution in [0.5, 0.6) is 0 Å². The fraction of sp³-hybridized carbons (Fsp3) is 0.500. The van der Waals surface area contributed by atoms with E-state index in [1.807, 2.05) is 13.8 Å². The number of aliphatic hydroxyl groups is 1. The van der Waals surface area contributed by atoms with Crippen LogP contribution in [0.15, 0.2) is 12.1 Å². The van der Waals surface area contributed by atoms with E-state index in [1.54, 1.807) is 6.07 Å². The first kappa shape index (κ1) is 12.4. The molecule has 2 atom stereocenters. The number of aromatic nitrogens is 2. The van der Waals surface area contributed by atoms with Crippen LogP contribution in [0, 0.1) is 5.92 Å². The smallest absolute Gasteiger partial charge is 0.356 e. The standard InChI is InChI=1S/C10H15N3O3/c1-6(5-14)7(2)11-9-4-3-8(10(15)16)12-13-9/h3-4,6-7,14H,5H2,1-2H3,(H,11,13)(H,15,16). The van der Waals surface area contributed by atoms with Crippen LogP contribution < -0.4 is 5.32 Å². The molecule has 88 valence electrons. The van der Waals surface area contributed by atoms with E-state index in [1.165, 1.54) is 6.07 Å². The van der Waals surface area contributed by atoms with Crippen molar-refractivity contribution in [2.45, 2.75) is 19.9 Å². The molecular formula is C10H15N3O3. The Hall–Kier alpha value is -1.69. The number of nitrogens with zero attached hydrogens (tertiary/aromatic N) is 2. The van der Waals surface area contributed by atoms with E-state index >= 15 is 0 Å². The van der Waals surface area contributed by atoms with Crippen LogP contribution in [0.1, 0.15) is 24.3 Å². The largest absolute Gasteiger partial charge is 0.476 e. The molecule has 0 aromatic carbocycles. The van der Waals surface area contributed by atoms with Crippen molar-refractivity contribution < 1.29 is 15.0 Å². The van der Waals surface area contributed by atoms with Crippen LogP contribution in [0.4, 0.5) is 5.82 Å². The summed E-state index contributed by atoms with van der Waals surface area (Å²) in [5.41, 5.74) is -0.0894. The Kier molecular flexibility index (Phi) is 4.19. The third kappa shape index (κ3) is 3.16. The first-order chi connectivity index (χ1) is 7.54. The molecule has 0 saturated carbocycles. The lowest BCUT2D eigenvalue weighted by molar-refractivity contribution is 0.0689. The lowest BCUT2D eigenvalue weighted by Crippen LogP contribution is -2.26. The molecule has 2 unspecified atom stereocenters. The molecule has 6 nitrogen and oxygen atoms in total. The number of nitrogens with one attached hydrogen (secondary N) is 1. The molecule has 0 radical (unpaired) electrons. The zero-order chi connectivity index (χ0) is 12.1. The molecule has 0 aliphatic rings. The van der Waals surface area contributed by atoms with Crippen molar-refractivity contribution in [3.8, 4) is 0 Å². The van der Waals surface area contributed by atoms with E-state index in [9.17, 15) is 4.79 Å². The number of rotatable bonds is 5. The third-order valence-electron chi connectivity index (χ3n) is 2.40. The molecule has 0 amide bonds. The number of hydrogen-bond donors (Lipinski definition) is 3. The fourth-order valence-electron chi connectivity index (χ4n) is 1.06. The summed E-state index contributed by atoms with van der Waals surface area (Å²) in [6, 6.07) is 2.97. The zero-order valence-corrected chi connectivity index (χ0v) is 9.21. The van der Waals surface area contributed by atoms with E-state index in [0.717, 1.165) is 0 Å². The summed E-state index contributed by atoms with van der Waals surface area (Å²) in [5.74, 6) is -0.519. The average Bonchev–Trinajstić information content (AvgIpc) is 2.28. The SMILES string of the molecule is CC(CO)C(C)Nc1ccc(C(=O)O)nn1. The third-order valence-corrected chi connectivity index (χ3v) is 2.40. The van der Waals surface area contributed by atoms with Crippen molar-refractivity contribution in [1.82, 2.24) is 10.2 Å². The molecule has 1 aromatic rings. The van der Waals surface area contributed by atoms with Crippen molar-refractivity contribution in [2.24, 2.45) is 5.92 Å². The van der Waals surface area contributed by atoms with Gasteiger partial charge in [-0.2, -0.15) is 0 Å². The van der Waals surface area contributed by atoms with Gasteiger partial charge in [-0.3, -0.25) is 0 Å². The van der Waals surface area contributed by atoms with Gasteiger partial charge in [0.25, 0.3) is 0 Å². The average molecular weight is 225 g/mol. The van der Waals surface area contributed by atoms with Crippen molar-refractivity contribution in [2.75, 3.05) is 11.9 Å². The van der Waals surface area contributed by atoms with Gasteiger partial charge in [0.2, 0.25) is 0 Å². The van der Waals surface area contributed by atoms with E-state index in [2.05, 4.69) is 15.5 Å². The Balaban J connectivity index is 2.65. The van der Waals surface area contributed by atoms with Crippen LogP contribution >= 0.6 is 0 Å². The van der Waals surface area contributed by atoms with Gasteiger partial charge >= 0.3 is 5.97 Å². The lowest BCUT2D eigenvalue weighted by atomic mass is 10.1. The molecule has 0 fully saturated rings. The van der Waals surface area contributed by atoms with Crippen LogP contribution in [0.25, 0.3) is 0 Å². The highest BCUT2D eigenvalue weighted by Crippen LogP contribution is 2.09. The lowest BCUT2D eigenvalue weighted by Gasteiger charge is -2.19. The quantitative estimate of drug-likeness (QED) is 0.679. The summed E-state index contributed by atoms with van der Waals surface area (Å²) in [6.07, 6.45) is 0. The second-order valence-electron chi connectivity index (χ2n) is 3.70. The second-order valence-corrected chi connectivity index (χ2v) is 3.70. The van der Waals surface area contributed by atoms with Crippen molar-refractivity contribution in [1.29, 1.82) is 0 Å². The molecule has 3 N–H and O–H groups in total. The number of aliphatic hydroxyl groups excluding tert-OH is 1. The Labute approximate surface area is 93.3 Å². The van der Waals surface area contributed by atoms with E-state index in [4.69, 9.17) is 10.2 Å². The van der Waals surface area contributed by atoms with E-state index < -0.39 is 5.97 Å². The Morgan fingerprint density at radius 1 is 1.44 bits per heavy atom. The Bertz CT molecular complexity index is 353. The molecule has 1 heterocycles. The minimum absolute atomic E-state index is 0.0370. The van der Waals surface area contributed by atoms with Gasteiger partial charge in [0.1, 0.15) is 5.82 Å². The highest BCUT2D eigenvalue weighted by molar-refractivity contribution is 5.85. The molecule has 6 heteroatoms. The van der Waals surface area contributed by atoms with Gasteiger partial charge in [-0.05, 0) is 25.0 Å².